The second-order valence-electron chi connectivity index (χ2n) is 10.3. The van der Waals surface area contributed by atoms with Gasteiger partial charge in [0.1, 0.15) is 6.04 Å². The van der Waals surface area contributed by atoms with Crippen LogP contribution in [-0.2, 0) is 25.5 Å². The van der Waals surface area contributed by atoms with Crippen molar-refractivity contribution in [2.45, 2.75) is 71.8 Å². The van der Waals surface area contributed by atoms with Gasteiger partial charge in [-0.1, -0.05) is 30.3 Å². The molecule has 11 heteroatoms. The number of carbonyl (C=O) groups is 4. The van der Waals surface area contributed by atoms with Crippen LogP contribution in [0.25, 0.3) is 0 Å². The fourth-order valence-electron chi connectivity index (χ4n) is 4.59. The highest BCUT2D eigenvalue weighted by Crippen LogP contribution is 2.17. The third kappa shape index (κ3) is 13.7. The van der Waals surface area contributed by atoms with Gasteiger partial charge in [-0.05, 0) is 89.1 Å². The van der Waals surface area contributed by atoms with Crippen LogP contribution in [0.3, 0.4) is 0 Å². The van der Waals surface area contributed by atoms with Crippen LogP contribution in [0, 0.1) is 5.92 Å². The molecule has 2 atom stereocenters. The van der Waals surface area contributed by atoms with Gasteiger partial charge >= 0.3 is 11.9 Å². The summed E-state index contributed by atoms with van der Waals surface area (Å²) in [6, 6.07) is 15.2. The lowest BCUT2D eigenvalue weighted by Crippen LogP contribution is -2.46. The van der Waals surface area contributed by atoms with Gasteiger partial charge in [-0.25, -0.2) is 4.79 Å². The summed E-state index contributed by atoms with van der Waals surface area (Å²) in [5.74, 6) is -2.47. The number of nitrogens with one attached hydrogen (secondary N) is 4. The molecule has 0 aromatic heterocycles. The predicted octanol–water partition coefficient (Wildman–Crippen LogP) is 4.15. The zero-order valence-corrected chi connectivity index (χ0v) is 26.1. The molecule has 0 aliphatic carbocycles. The van der Waals surface area contributed by atoms with E-state index in [1.54, 1.807) is 31.2 Å². The van der Waals surface area contributed by atoms with Crippen LogP contribution in [-0.4, -0.2) is 67.1 Å². The van der Waals surface area contributed by atoms with Gasteiger partial charge < -0.3 is 31.1 Å². The Labute approximate surface area is 260 Å². The zero-order valence-electron chi connectivity index (χ0n) is 26.1. The van der Waals surface area contributed by atoms with Crippen LogP contribution in [0.2, 0.25) is 0 Å². The molecule has 0 aliphatic rings. The highest BCUT2D eigenvalue weighted by atomic mass is 16.5. The van der Waals surface area contributed by atoms with Crippen LogP contribution >= 0.6 is 0 Å². The van der Waals surface area contributed by atoms with Crippen molar-refractivity contribution in [3.05, 3.63) is 65.7 Å². The summed E-state index contributed by atoms with van der Waals surface area (Å²) >= 11 is 0. The number of aryl methyl sites for hydroxylation is 1. The first-order chi connectivity index (χ1) is 21.3. The van der Waals surface area contributed by atoms with Gasteiger partial charge in [-0.3, -0.25) is 19.4 Å². The quantitative estimate of drug-likeness (QED) is 0.0688. The number of carbonyl (C=O) groups excluding carboxylic acids is 3. The van der Waals surface area contributed by atoms with Crippen LogP contribution in [0.1, 0.15) is 75.2 Å². The van der Waals surface area contributed by atoms with E-state index in [4.69, 9.17) is 4.74 Å². The molecule has 2 aromatic rings. The second kappa shape index (κ2) is 20.5. The smallest absolute Gasteiger partial charge is 0.338 e. The lowest BCUT2D eigenvalue weighted by atomic mass is 9.95. The van der Waals surface area contributed by atoms with Gasteiger partial charge in [0.25, 0.3) is 0 Å². The summed E-state index contributed by atoms with van der Waals surface area (Å²) in [5, 5.41) is 21.5. The van der Waals surface area contributed by atoms with Gasteiger partial charge in [0.05, 0.1) is 18.6 Å². The molecule has 0 fully saturated rings. The third-order valence-corrected chi connectivity index (χ3v) is 6.81. The number of ether oxygens (including phenoxy) is 1. The summed E-state index contributed by atoms with van der Waals surface area (Å²) in [4.78, 5) is 54.8. The van der Waals surface area contributed by atoms with Crippen molar-refractivity contribution < 1.29 is 29.0 Å². The number of hydrogen-bond acceptors (Lipinski definition) is 6. The number of carboxylic acid groups (broad SMARTS) is 1. The number of rotatable bonds is 19. The average molecular weight is 610 g/mol. The summed E-state index contributed by atoms with van der Waals surface area (Å²) in [5.41, 5.74) is 1.93. The van der Waals surface area contributed by atoms with E-state index in [0.717, 1.165) is 31.0 Å². The third-order valence-electron chi connectivity index (χ3n) is 6.81. The number of aliphatic carboxylic acids is 1. The van der Waals surface area contributed by atoms with Gasteiger partial charge in [-0.2, -0.15) is 0 Å². The fourth-order valence-corrected chi connectivity index (χ4v) is 4.59. The van der Waals surface area contributed by atoms with Gasteiger partial charge in [-0.15, -0.1) is 0 Å². The van der Waals surface area contributed by atoms with Gasteiger partial charge in [0.15, 0.2) is 5.96 Å². The van der Waals surface area contributed by atoms with E-state index in [9.17, 15) is 24.3 Å². The molecular weight excluding hydrogens is 562 g/mol. The van der Waals surface area contributed by atoms with E-state index in [0.29, 0.717) is 49.9 Å². The number of nitrogens with zero attached hydrogens (tertiary/aromatic N) is 1. The number of anilines is 1. The Balaban J connectivity index is 2.10. The summed E-state index contributed by atoms with van der Waals surface area (Å²) in [7, 11) is 0. The number of aliphatic imine (C=N–C) groups is 1. The van der Waals surface area contributed by atoms with Gasteiger partial charge in [0, 0.05) is 31.2 Å². The number of carboxylic acids is 1. The predicted molar refractivity (Wildman–Crippen MR) is 172 cm³/mol. The minimum Gasteiger partial charge on any atom is -0.481 e. The lowest BCUT2D eigenvalue weighted by molar-refractivity contribution is -0.141. The Morgan fingerprint density at radius 3 is 2.14 bits per heavy atom. The highest BCUT2D eigenvalue weighted by molar-refractivity contribution is 5.98. The number of guanidine groups is 1. The molecule has 5 N–H and O–H groups in total. The molecule has 0 spiro atoms. The molecule has 2 rings (SSSR count). The van der Waals surface area contributed by atoms with Crippen molar-refractivity contribution in [1.82, 2.24) is 16.0 Å². The summed E-state index contributed by atoms with van der Waals surface area (Å²) in [6.07, 6.45) is 3.04. The fraction of sp³-hybridized carbons (Fsp3) is 0.485. The number of hydrogen-bond donors (Lipinski definition) is 5. The molecule has 0 aliphatic heterocycles. The van der Waals surface area contributed by atoms with Crippen molar-refractivity contribution in [3.63, 3.8) is 0 Å². The first kappa shape index (κ1) is 35.8. The van der Waals surface area contributed by atoms with Crippen molar-refractivity contribution in [2.75, 3.05) is 31.6 Å². The van der Waals surface area contributed by atoms with E-state index < -0.39 is 35.7 Å². The Morgan fingerprint density at radius 2 is 1.52 bits per heavy atom. The first-order valence-corrected chi connectivity index (χ1v) is 15.4. The normalized spacial score (nSPS) is 11.9. The highest BCUT2D eigenvalue weighted by Gasteiger charge is 2.27. The van der Waals surface area contributed by atoms with Crippen molar-refractivity contribution in [3.8, 4) is 0 Å². The number of esters is 1. The topological polar surface area (TPSA) is 158 Å². The van der Waals surface area contributed by atoms with E-state index in [1.165, 1.54) is 0 Å². The number of unbranched alkanes of at least 4 members (excludes halogenated alkanes) is 1. The summed E-state index contributed by atoms with van der Waals surface area (Å²) < 4.78 is 5.01. The Morgan fingerprint density at radius 1 is 0.841 bits per heavy atom. The molecule has 0 radical (unpaired) electrons. The van der Waals surface area contributed by atoms with Crippen molar-refractivity contribution >= 4 is 35.4 Å². The van der Waals surface area contributed by atoms with E-state index in [1.807, 2.05) is 44.2 Å². The largest absolute Gasteiger partial charge is 0.481 e. The maximum atomic E-state index is 13.4. The molecule has 0 heterocycles. The molecule has 44 heavy (non-hydrogen) atoms. The monoisotopic (exact) mass is 609 g/mol. The second-order valence-corrected chi connectivity index (χ2v) is 10.3. The van der Waals surface area contributed by atoms with Crippen molar-refractivity contribution in [2.24, 2.45) is 10.9 Å². The van der Waals surface area contributed by atoms with E-state index >= 15 is 0 Å². The molecule has 0 saturated carbocycles. The van der Waals surface area contributed by atoms with E-state index in [2.05, 4.69) is 26.3 Å². The molecule has 11 nitrogen and oxygen atoms in total. The Hall–Kier alpha value is -4.41. The molecule has 2 amide bonds. The Bertz CT molecular complexity index is 1190. The number of benzene rings is 2. The molecule has 0 bridgehead atoms. The maximum absolute atomic E-state index is 13.4. The minimum atomic E-state index is -1.07. The van der Waals surface area contributed by atoms with E-state index in [-0.39, 0.29) is 13.0 Å². The zero-order chi connectivity index (χ0) is 32.2. The molecule has 240 valence electrons. The van der Waals surface area contributed by atoms with Gasteiger partial charge in [0.2, 0.25) is 11.8 Å². The van der Waals surface area contributed by atoms with Crippen LogP contribution < -0.4 is 21.3 Å². The maximum Gasteiger partial charge on any atom is 0.338 e. The van der Waals surface area contributed by atoms with Crippen LogP contribution in [0.4, 0.5) is 5.69 Å². The lowest BCUT2D eigenvalue weighted by Gasteiger charge is -2.22. The molecule has 2 aromatic carbocycles. The average Bonchev–Trinajstić information content (AvgIpc) is 3.00. The number of amides is 2. The minimum absolute atomic E-state index is 0.255. The molecule has 0 unspecified atom stereocenters. The van der Waals surface area contributed by atoms with Crippen LogP contribution in [0.5, 0.6) is 0 Å². The molecule has 0 saturated heterocycles. The van der Waals surface area contributed by atoms with Crippen molar-refractivity contribution in [1.29, 1.82) is 0 Å². The first-order valence-electron chi connectivity index (χ1n) is 15.4. The van der Waals surface area contributed by atoms with Crippen LogP contribution in [0.15, 0.2) is 59.6 Å². The Kier molecular flexibility index (Phi) is 16.7. The molecular formula is C33H47N5O6. The SMILES string of the molecule is CCNC(=NCCCC[C@@H](NC(=O)[C@H](CCCc1ccccc1)CC(=O)O)C(=O)Nc1ccc(C(=O)OCC)cc1)NCC. The standard InChI is InChI=1S/C33H47N5O6/c1-4-34-33(35-5-2)36-22-11-10-17-28(31(42)37-27-20-18-25(19-21-27)32(43)44-6-3)38-30(41)26(23-29(39)40)16-12-15-24-13-8-7-9-14-24/h7-9,13-14,18-21,26,28H,4-6,10-12,15-17,22-23H2,1-3H3,(H,37,42)(H,38,41)(H,39,40)(H2,34,35,36)/t26-,28-/m1/s1. The summed E-state index contributed by atoms with van der Waals surface area (Å²) in [6.45, 7) is 7.97.